The molecule has 7 nitrogen and oxygen atoms in total. The van der Waals surface area contributed by atoms with Crippen molar-refractivity contribution >= 4 is 38.9 Å². The number of anilines is 1. The van der Waals surface area contributed by atoms with E-state index in [2.05, 4.69) is 19.7 Å². The molecule has 11 heteroatoms. The predicted molar refractivity (Wildman–Crippen MR) is 108 cm³/mol. The van der Waals surface area contributed by atoms with Crippen LogP contribution < -0.4 is 15.4 Å². The average molecular weight is 450 g/mol. The fourth-order valence-corrected chi connectivity index (χ4v) is 5.81. The van der Waals surface area contributed by atoms with Gasteiger partial charge in [0, 0.05) is 23.5 Å². The number of hydrogen-bond donors (Lipinski definition) is 2. The van der Waals surface area contributed by atoms with Crippen molar-refractivity contribution in [3.05, 3.63) is 62.5 Å². The molecule has 1 aliphatic heterocycles. The highest BCUT2D eigenvalue weighted by atomic mass is 32.2. The summed E-state index contributed by atoms with van der Waals surface area (Å²) in [5, 5.41) is 1.01. The van der Waals surface area contributed by atoms with Crippen LogP contribution >= 0.6 is 11.3 Å². The van der Waals surface area contributed by atoms with Gasteiger partial charge in [-0.25, -0.2) is 22.2 Å². The normalized spacial score (nSPS) is 13.3. The minimum absolute atomic E-state index is 0.0696. The number of carbonyl (C=O) groups excluding carboxylic acids is 1. The van der Waals surface area contributed by atoms with E-state index in [1.165, 1.54) is 13.1 Å². The minimum Gasteiger partial charge on any atom is -0.346 e. The first kappa shape index (κ1) is 20.4. The number of halogens is 2. The number of nitrogens with one attached hydrogen (secondary N) is 2. The second kappa shape index (κ2) is 7.40. The van der Waals surface area contributed by atoms with E-state index in [4.69, 9.17) is 0 Å². The van der Waals surface area contributed by atoms with Crippen molar-refractivity contribution in [3.8, 4) is 0 Å². The molecule has 0 unspecified atom stereocenters. The number of aryl methyl sites for hydroxylation is 2. The summed E-state index contributed by atoms with van der Waals surface area (Å²) < 4.78 is 56.9. The highest BCUT2D eigenvalue weighted by Crippen LogP contribution is 2.28. The molecule has 0 aliphatic carbocycles. The molecule has 0 atom stereocenters. The number of benzene rings is 1. The standard InChI is InChI=1S/C19H16F2N4O3S2/c1-9-19(29-10(2)24-9)30(27,28)25-14-6-5-13(20)15(16(14)21)17(26)12-8-23-18-11(12)4-3-7-22-18/h4-6,8,25H,3,7H2,1-2H3,(H,22,23). The molecule has 0 bridgehead atoms. The fraction of sp³-hybridized carbons (Fsp3) is 0.211. The Morgan fingerprint density at radius 3 is 2.73 bits per heavy atom. The number of sulfonamides is 1. The van der Waals surface area contributed by atoms with Gasteiger partial charge in [0.1, 0.15) is 11.3 Å². The van der Waals surface area contributed by atoms with Crippen molar-refractivity contribution in [1.29, 1.82) is 0 Å². The van der Waals surface area contributed by atoms with Crippen LogP contribution in [0.5, 0.6) is 0 Å². The Hall–Kier alpha value is -2.92. The summed E-state index contributed by atoms with van der Waals surface area (Å²) in [6, 6.07) is 1.79. The van der Waals surface area contributed by atoms with Crippen molar-refractivity contribution < 1.29 is 22.0 Å². The van der Waals surface area contributed by atoms with Gasteiger partial charge in [0.25, 0.3) is 10.0 Å². The first-order valence-corrected chi connectivity index (χ1v) is 11.2. The van der Waals surface area contributed by atoms with Gasteiger partial charge in [-0.2, -0.15) is 0 Å². The zero-order valence-corrected chi connectivity index (χ0v) is 17.5. The van der Waals surface area contributed by atoms with Gasteiger partial charge in [-0.1, -0.05) is 6.08 Å². The summed E-state index contributed by atoms with van der Waals surface area (Å²) in [5.74, 6) is -3.28. The van der Waals surface area contributed by atoms with Crippen LogP contribution in [-0.4, -0.2) is 30.7 Å². The minimum atomic E-state index is -4.16. The topological polar surface area (TPSA) is 104 Å². The number of thiazole rings is 1. The lowest BCUT2D eigenvalue weighted by Crippen LogP contribution is -2.30. The Labute approximate surface area is 174 Å². The van der Waals surface area contributed by atoms with Crippen molar-refractivity contribution in [2.24, 2.45) is 4.99 Å². The van der Waals surface area contributed by atoms with Gasteiger partial charge in [0.15, 0.2) is 10.0 Å². The molecule has 0 saturated heterocycles. The largest absolute Gasteiger partial charge is 0.346 e. The molecule has 3 aromatic rings. The van der Waals surface area contributed by atoms with Crippen LogP contribution in [0.25, 0.3) is 6.08 Å². The summed E-state index contributed by atoms with van der Waals surface area (Å²) in [6.07, 6.45) is 3.71. The predicted octanol–water partition coefficient (Wildman–Crippen LogP) is 2.20. The third-order valence-corrected chi connectivity index (χ3v) is 7.61. The number of hydrogen-bond acceptors (Lipinski definition) is 6. The number of fused-ring (bicyclic) bond motifs is 1. The molecule has 0 radical (unpaired) electrons. The Bertz CT molecular complexity index is 1410. The van der Waals surface area contributed by atoms with Gasteiger partial charge in [-0.05, 0) is 32.4 Å². The second-order valence-corrected chi connectivity index (χ2v) is 9.74. The van der Waals surface area contributed by atoms with Crippen molar-refractivity contribution in [2.45, 2.75) is 24.5 Å². The van der Waals surface area contributed by atoms with E-state index in [9.17, 15) is 17.6 Å². The summed E-state index contributed by atoms with van der Waals surface area (Å²) in [6.45, 7) is 3.72. The average Bonchev–Trinajstić information content (AvgIpc) is 3.27. The molecule has 156 valence electrons. The van der Waals surface area contributed by atoms with Crippen molar-refractivity contribution in [2.75, 3.05) is 11.3 Å². The van der Waals surface area contributed by atoms with E-state index in [1.54, 1.807) is 13.0 Å². The Morgan fingerprint density at radius 1 is 1.27 bits per heavy atom. The molecule has 0 amide bonds. The van der Waals surface area contributed by atoms with Crippen LogP contribution in [0, 0.1) is 25.5 Å². The van der Waals surface area contributed by atoms with Crippen LogP contribution in [0.2, 0.25) is 0 Å². The van der Waals surface area contributed by atoms with Gasteiger partial charge in [-0.15, -0.1) is 11.3 Å². The van der Waals surface area contributed by atoms with Crippen LogP contribution in [0.1, 0.15) is 33.0 Å². The van der Waals surface area contributed by atoms with Gasteiger partial charge in [0.2, 0.25) is 5.78 Å². The lowest BCUT2D eigenvalue weighted by molar-refractivity contribution is 0.103. The number of rotatable bonds is 5. The number of aromatic amines is 1. The smallest absolute Gasteiger partial charge is 0.273 e. The number of H-pyrrole nitrogens is 1. The molecule has 0 spiro atoms. The summed E-state index contributed by atoms with van der Waals surface area (Å²) in [7, 11) is -4.16. The molecule has 1 aliphatic rings. The molecule has 0 fully saturated rings. The highest BCUT2D eigenvalue weighted by molar-refractivity contribution is 7.94. The molecule has 2 aromatic heterocycles. The maximum absolute atomic E-state index is 15.1. The molecule has 0 saturated carbocycles. The highest BCUT2D eigenvalue weighted by Gasteiger charge is 2.27. The summed E-state index contributed by atoms with van der Waals surface area (Å²) in [4.78, 5) is 24.0. The first-order valence-electron chi connectivity index (χ1n) is 8.90. The SMILES string of the molecule is Cc1nc(C)c(S(=O)(=O)Nc2ccc(F)c(C(=O)c3c[nH]c4c3=CCCN=4)c2F)s1. The van der Waals surface area contributed by atoms with Crippen LogP contribution in [0.3, 0.4) is 0 Å². The van der Waals surface area contributed by atoms with Crippen LogP contribution in [-0.2, 0) is 10.0 Å². The Kier molecular flexibility index (Phi) is 5.02. The molecule has 30 heavy (non-hydrogen) atoms. The number of carbonyl (C=O) groups is 1. The van der Waals surface area contributed by atoms with Gasteiger partial charge in [-0.3, -0.25) is 14.5 Å². The quantitative estimate of drug-likeness (QED) is 0.582. The van der Waals surface area contributed by atoms with Crippen LogP contribution in [0.4, 0.5) is 14.5 Å². The second-order valence-electron chi connectivity index (χ2n) is 6.66. The monoisotopic (exact) mass is 450 g/mol. The lowest BCUT2D eigenvalue weighted by Gasteiger charge is -2.11. The zero-order valence-electron chi connectivity index (χ0n) is 15.9. The maximum Gasteiger partial charge on any atom is 0.273 e. The third-order valence-electron chi connectivity index (χ3n) is 4.56. The molecular formula is C19H16F2N4O3S2. The molecule has 3 heterocycles. The number of ketones is 1. The number of aromatic nitrogens is 2. The van der Waals surface area contributed by atoms with E-state index in [0.717, 1.165) is 23.5 Å². The molecule has 4 rings (SSSR count). The van der Waals surface area contributed by atoms with E-state index in [1.807, 2.05) is 0 Å². The molecule has 2 N–H and O–H groups in total. The number of nitrogens with zero attached hydrogens (tertiary/aromatic N) is 2. The molecular weight excluding hydrogens is 434 g/mol. The summed E-state index contributed by atoms with van der Waals surface area (Å²) in [5.41, 5.74) is -0.558. The van der Waals surface area contributed by atoms with E-state index < -0.39 is 38.7 Å². The van der Waals surface area contributed by atoms with Gasteiger partial charge in [0.05, 0.1) is 22.0 Å². The Morgan fingerprint density at radius 2 is 2.03 bits per heavy atom. The fourth-order valence-electron chi connectivity index (χ4n) is 3.26. The van der Waals surface area contributed by atoms with Crippen molar-refractivity contribution in [3.63, 3.8) is 0 Å². The van der Waals surface area contributed by atoms with Crippen LogP contribution in [0.15, 0.2) is 27.5 Å². The zero-order chi connectivity index (χ0) is 21.6. The van der Waals surface area contributed by atoms with Crippen molar-refractivity contribution in [1.82, 2.24) is 9.97 Å². The van der Waals surface area contributed by atoms with E-state index >= 15 is 4.39 Å². The third kappa shape index (κ3) is 3.43. The van der Waals surface area contributed by atoms with Gasteiger partial charge >= 0.3 is 0 Å². The van der Waals surface area contributed by atoms with E-state index in [0.29, 0.717) is 28.7 Å². The molecule has 1 aromatic carbocycles. The lowest BCUT2D eigenvalue weighted by atomic mass is 10.0. The van der Waals surface area contributed by atoms with E-state index in [-0.39, 0.29) is 15.5 Å². The van der Waals surface area contributed by atoms with Gasteiger partial charge < -0.3 is 4.98 Å². The first-order chi connectivity index (χ1) is 14.2. The summed E-state index contributed by atoms with van der Waals surface area (Å²) >= 11 is 0.930. The Balaban J connectivity index is 1.77. The maximum atomic E-state index is 15.1.